The number of nitrogens with zero attached hydrogens (tertiary/aromatic N) is 1. The summed E-state index contributed by atoms with van der Waals surface area (Å²) in [6.45, 7) is 4.69. The summed E-state index contributed by atoms with van der Waals surface area (Å²) in [5.74, 6) is 0.0361. The highest BCUT2D eigenvalue weighted by Crippen LogP contribution is 2.28. The van der Waals surface area contributed by atoms with E-state index in [9.17, 15) is 14.0 Å². The van der Waals surface area contributed by atoms with E-state index < -0.39 is 5.82 Å². The van der Waals surface area contributed by atoms with Crippen molar-refractivity contribution in [3.8, 4) is 0 Å². The minimum atomic E-state index is -0.538. The molecule has 1 aromatic carbocycles. The molecule has 120 valence electrons. The molecule has 2 atom stereocenters. The number of carbonyl (C=O) groups is 2. The highest BCUT2D eigenvalue weighted by atomic mass is 35.5. The van der Waals surface area contributed by atoms with E-state index in [1.807, 2.05) is 4.90 Å². The van der Waals surface area contributed by atoms with Crippen molar-refractivity contribution in [3.63, 3.8) is 0 Å². The molecule has 2 amide bonds. The van der Waals surface area contributed by atoms with E-state index in [0.717, 1.165) is 26.2 Å². The zero-order chi connectivity index (χ0) is 15.0. The number of benzene rings is 1. The molecule has 2 saturated heterocycles. The molecule has 2 heterocycles. The zero-order valence-electron chi connectivity index (χ0n) is 12.3. The first-order valence-electron chi connectivity index (χ1n) is 7.11. The molecule has 7 heteroatoms. The van der Waals surface area contributed by atoms with Crippen LogP contribution in [0.25, 0.3) is 0 Å². The van der Waals surface area contributed by atoms with Gasteiger partial charge < -0.3 is 15.5 Å². The van der Waals surface area contributed by atoms with Crippen LogP contribution >= 0.6 is 12.4 Å². The summed E-state index contributed by atoms with van der Waals surface area (Å²) in [7, 11) is 0. The van der Waals surface area contributed by atoms with E-state index in [-0.39, 0.29) is 29.9 Å². The van der Waals surface area contributed by atoms with E-state index in [1.165, 1.54) is 25.1 Å². The number of likely N-dealkylation sites (tertiary alicyclic amines) is 1. The fraction of sp³-hybridized carbons (Fsp3) is 0.467. The molecule has 5 nitrogen and oxygen atoms in total. The standard InChI is InChI=1S/C15H18FN3O2.ClH/c1-9(20)18-14-4-10(2-3-13(14)16)15(21)19-7-11-5-17-6-12(11)8-19;/h2-4,11-12,17H,5-8H2,1H3,(H,18,20);1H/t11-,12+;. The maximum atomic E-state index is 13.6. The Bertz CT molecular complexity index is 584. The Labute approximate surface area is 134 Å². The van der Waals surface area contributed by atoms with Gasteiger partial charge in [-0.15, -0.1) is 12.4 Å². The van der Waals surface area contributed by atoms with Crippen molar-refractivity contribution in [2.75, 3.05) is 31.5 Å². The molecule has 22 heavy (non-hydrogen) atoms. The predicted molar refractivity (Wildman–Crippen MR) is 83.7 cm³/mol. The number of hydrogen-bond donors (Lipinski definition) is 2. The first-order chi connectivity index (χ1) is 10.0. The van der Waals surface area contributed by atoms with Crippen LogP contribution in [0.3, 0.4) is 0 Å². The van der Waals surface area contributed by atoms with Gasteiger partial charge in [0, 0.05) is 38.7 Å². The molecule has 1 aromatic rings. The van der Waals surface area contributed by atoms with E-state index >= 15 is 0 Å². The molecule has 3 rings (SSSR count). The number of hydrogen-bond acceptors (Lipinski definition) is 3. The van der Waals surface area contributed by atoms with E-state index in [2.05, 4.69) is 10.6 Å². The number of anilines is 1. The molecule has 2 aliphatic heterocycles. The van der Waals surface area contributed by atoms with Gasteiger partial charge >= 0.3 is 0 Å². The first kappa shape index (κ1) is 16.7. The second-order valence-corrected chi connectivity index (χ2v) is 5.76. The quantitative estimate of drug-likeness (QED) is 0.865. The molecular weight excluding hydrogens is 309 g/mol. The van der Waals surface area contributed by atoms with Gasteiger partial charge in [-0.2, -0.15) is 0 Å². The summed E-state index contributed by atoms with van der Waals surface area (Å²) in [5.41, 5.74) is 0.461. The van der Waals surface area contributed by atoms with Crippen LogP contribution in [0.2, 0.25) is 0 Å². The Hall–Kier alpha value is -1.66. The van der Waals surface area contributed by atoms with Crippen molar-refractivity contribution in [2.24, 2.45) is 11.8 Å². The van der Waals surface area contributed by atoms with Crippen LogP contribution in [0.5, 0.6) is 0 Å². The van der Waals surface area contributed by atoms with Crippen molar-refractivity contribution in [1.82, 2.24) is 10.2 Å². The van der Waals surface area contributed by atoms with Gasteiger partial charge in [0.15, 0.2) is 0 Å². The van der Waals surface area contributed by atoms with Gasteiger partial charge in [0.05, 0.1) is 5.69 Å². The van der Waals surface area contributed by atoms with Crippen molar-refractivity contribution in [3.05, 3.63) is 29.6 Å². The van der Waals surface area contributed by atoms with Crippen LogP contribution in [-0.2, 0) is 4.79 Å². The molecule has 2 aliphatic rings. The molecule has 0 unspecified atom stereocenters. The Morgan fingerprint density at radius 2 is 1.91 bits per heavy atom. The largest absolute Gasteiger partial charge is 0.338 e. The van der Waals surface area contributed by atoms with Crippen LogP contribution in [0.4, 0.5) is 10.1 Å². The maximum Gasteiger partial charge on any atom is 0.253 e. The van der Waals surface area contributed by atoms with Crippen LogP contribution in [-0.4, -0.2) is 42.9 Å². The Morgan fingerprint density at radius 1 is 1.27 bits per heavy atom. The van der Waals surface area contributed by atoms with Crippen molar-refractivity contribution in [1.29, 1.82) is 0 Å². The van der Waals surface area contributed by atoms with Gasteiger partial charge in [-0.05, 0) is 30.0 Å². The Kier molecular flexibility index (Phi) is 5.03. The van der Waals surface area contributed by atoms with Gasteiger partial charge in [-0.25, -0.2) is 4.39 Å². The normalized spacial score (nSPS) is 22.9. The van der Waals surface area contributed by atoms with Crippen LogP contribution < -0.4 is 10.6 Å². The number of nitrogens with one attached hydrogen (secondary N) is 2. The monoisotopic (exact) mass is 327 g/mol. The summed E-state index contributed by atoms with van der Waals surface area (Å²) in [6, 6.07) is 4.09. The Morgan fingerprint density at radius 3 is 2.50 bits per heavy atom. The smallest absolute Gasteiger partial charge is 0.253 e. The molecule has 0 aliphatic carbocycles. The van der Waals surface area contributed by atoms with E-state index in [4.69, 9.17) is 0 Å². The zero-order valence-corrected chi connectivity index (χ0v) is 13.1. The number of amides is 2. The molecule has 0 spiro atoms. The summed E-state index contributed by atoms with van der Waals surface area (Å²) in [5, 5.41) is 5.73. The lowest BCUT2D eigenvalue weighted by Gasteiger charge is -2.18. The minimum Gasteiger partial charge on any atom is -0.338 e. The van der Waals surface area contributed by atoms with E-state index in [0.29, 0.717) is 17.4 Å². The molecule has 0 saturated carbocycles. The SMILES string of the molecule is CC(=O)Nc1cc(C(=O)N2C[C@H]3CNC[C@H]3C2)ccc1F.Cl. The highest BCUT2D eigenvalue weighted by Gasteiger charge is 2.38. The number of carbonyl (C=O) groups excluding carboxylic acids is 2. The molecule has 2 N–H and O–H groups in total. The number of fused-ring (bicyclic) bond motifs is 1. The van der Waals surface area contributed by atoms with Crippen LogP contribution in [0.1, 0.15) is 17.3 Å². The van der Waals surface area contributed by atoms with Gasteiger partial charge in [-0.1, -0.05) is 0 Å². The Balaban J connectivity index is 0.00000176. The first-order valence-corrected chi connectivity index (χ1v) is 7.11. The summed E-state index contributed by atoms with van der Waals surface area (Å²) < 4.78 is 13.6. The average molecular weight is 328 g/mol. The average Bonchev–Trinajstić information content (AvgIpc) is 3.00. The third-order valence-electron chi connectivity index (χ3n) is 4.20. The second kappa shape index (κ2) is 6.62. The molecule has 0 bridgehead atoms. The lowest BCUT2D eigenvalue weighted by Crippen LogP contribution is -2.31. The van der Waals surface area contributed by atoms with Crippen LogP contribution in [0.15, 0.2) is 18.2 Å². The predicted octanol–water partition coefficient (Wildman–Crippen LogP) is 1.50. The third-order valence-corrected chi connectivity index (χ3v) is 4.20. The van der Waals surface area contributed by atoms with Gasteiger partial charge in [0.25, 0.3) is 5.91 Å². The lowest BCUT2D eigenvalue weighted by atomic mass is 10.0. The summed E-state index contributed by atoms with van der Waals surface area (Å²) >= 11 is 0. The fourth-order valence-electron chi connectivity index (χ4n) is 3.15. The molecule has 0 radical (unpaired) electrons. The molecule has 0 aromatic heterocycles. The van der Waals surface area contributed by atoms with E-state index in [1.54, 1.807) is 0 Å². The second-order valence-electron chi connectivity index (χ2n) is 5.76. The maximum absolute atomic E-state index is 13.6. The number of halogens is 2. The highest BCUT2D eigenvalue weighted by molar-refractivity contribution is 5.97. The molecule has 2 fully saturated rings. The minimum absolute atomic E-state index is 0. The van der Waals surface area contributed by atoms with Crippen LogP contribution in [0, 0.1) is 17.7 Å². The third kappa shape index (κ3) is 3.23. The van der Waals surface area contributed by atoms with Crippen molar-refractivity contribution in [2.45, 2.75) is 6.92 Å². The molecular formula is C15H19ClFN3O2. The summed E-state index contributed by atoms with van der Waals surface area (Å²) in [6.07, 6.45) is 0. The summed E-state index contributed by atoms with van der Waals surface area (Å²) in [4.78, 5) is 25.4. The van der Waals surface area contributed by atoms with Crippen molar-refractivity contribution < 1.29 is 14.0 Å². The van der Waals surface area contributed by atoms with Crippen molar-refractivity contribution >= 4 is 29.9 Å². The van der Waals surface area contributed by atoms with Gasteiger partial charge in [0.2, 0.25) is 5.91 Å². The topological polar surface area (TPSA) is 61.4 Å². The fourth-order valence-corrected chi connectivity index (χ4v) is 3.15. The van der Waals surface area contributed by atoms with Gasteiger partial charge in [-0.3, -0.25) is 9.59 Å². The lowest BCUT2D eigenvalue weighted by molar-refractivity contribution is -0.114. The van der Waals surface area contributed by atoms with Gasteiger partial charge in [0.1, 0.15) is 5.82 Å². The number of rotatable bonds is 2.